The highest BCUT2D eigenvalue weighted by atomic mass is 32.2. The number of aromatic nitrogens is 5. The van der Waals surface area contributed by atoms with Crippen LogP contribution in [0.15, 0.2) is 79.3 Å². The van der Waals surface area contributed by atoms with E-state index >= 15 is 0 Å². The third-order valence-corrected chi connectivity index (χ3v) is 12.0. The zero-order valence-electron chi connectivity index (χ0n) is 31.7. The number of piperazine rings is 1. The topological polar surface area (TPSA) is 148 Å². The Morgan fingerprint density at radius 2 is 1.67 bits per heavy atom. The largest absolute Gasteiger partial charge is 0.494 e. The maximum Gasteiger partial charge on any atom is 0.232 e. The summed E-state index contributed by atoms with van der Waals surface area (Å²) in [5, 5.41) is 7.59. The Hall–Kier alpha value is -5.51. The SMILES string of the molecule is COc1cc(N2CCC(N3CCN(C)CC3)CC2)c(Cc2ccccc2)cc1Nc1nc(Nc2ccc3nccnc3c2N(C)S(C)(=O)=O)c2cc[nH]c2n1. The number of methoxy groups -OCH3 is 1. The number of hydrogen-bond acceptors (Lipinski definition) is 12. The van der Waals surface area contributed by atoms with Gasteiger partial charge in [-0.25, -0.2) is 8.42 Å². The van der Waals surface area contributed by atoms with Gasteiger partial charge in [-0.05, 0) is 61.7 Å². The zero-order valence-corrected chi connectivity index (χ0v) is 32.5. The molecule has 2 saturated heterocycles. The molecule has 8 rings (SSSR count). The highest BCUT2D eigenvalue weighted by Crippen LogP contribution is 2.40. The van der Waals surface area contributed by atoms with Crippen LogP contribution in [0.25, 0.3) is 22.1 Å². The first-order chi connectivity index (χ1) is 26.6. The summed E-state index contributed by atoms with van der Waals surface area (Å²) in [6, 6.07) is 20.9. The van der Waals surface area contributed by atoms with Crippen LogP contribution in [-0.4, -0.2) is 116 Å². The third-order valence-electron chi connectivity index (χ3n) is 10.8. The highest BCUT2D eigenvalue weighted by Gasteiger charge is 2.29. The molecular weight excluding hydrogens is 715 g/mol. The van der Waals surface area contributed by atoms with Gasteiger partial charge in [-0.3, -0.25) is 19.2 Å². The van der Waals surface area contributed by atoms with Crippen molar-refractivity contribution < 1.29 is 13.2 Å². The van der Waals surface area contributed by atoms with Gasteiger partial charge in [-0.1, -0.05) is 30.3 Å². The zero-order chi connectivity index (χ0) is 38.1. The molecule has 0 radical (unpaired) electrons. The van der Waals surface area contributed by atoms with Crippen molar-refractivity contribution in [2.75, 3.05) is 86.6 Å². The van der Waals surface area contributed by atoms with E-state index in [4.69, 9.17) is 14.7 Å². The lowest BCUT2D eigenvalue weighted by molar-refractivity contribution is 0.0982. The summed E-state index contributed by atoms with van der Waals surface area (Å²) in [5.74, 6) is 1.49. The Bertz CT molecular complexity index is 2410. The van der Waals surface area contributed by atoms with Gasteiger partial charge in [-0.2, -0.15) is 9.97 Å². The number of hydrogen-bond donors (Lipinski definition) is 3. The van der Waals surface area contributed by atoms with Gasteiger partial charge >= 0.3 is 0 Å². The Kier molecular flexibility index (Phi) is 10.2. The van der Waals surface area contributed by atoms with Crippen LogP contribution in [0, 0.1) is 0 Å². The first-order valence-electron chi connectivity index (χ1n) is 18.6. The number of anilines is 6. The van der Waals surface area contributed by atoms with Gasteiger partial charge in [0.25, 0.3) is 0 Å². The number of sulfonamides is 1. The minimum absolute atomic E-state index is 0.334. The number of nitrogens with one attached hydrogen (secondary N) is 3. The van der Waals surface area contributed by atoms with Gasteiger partial charge in [-0.15, -0.1) is 0 Å². The van der Waals surface area contributed by atoms with Crippen molar-refractivity contribution in [3.8, 4) is 5.75 Å². The van der Waals surface area contributed by atoms with Crippen molar-refractivity contribution in [3.05, 3.63) is 90.4 Å². The van der Waals surface area contributed by atoms with Gasteiger partial charge in [0.15, 0.2) is 0 Å². The average Bonchev–Trinajstić information content (AvgIpc) is 3.67. The summed E-state index contributed by atoms with van der Waals surface area (Å²) in [6.07, 6.45) is 9.08. The number of rotatable bonds is 11. The molecule has 0 amide bonds. The second-order valence-corrected chi connectivity index (χ2v) is 16.4. The van der Waals surface area contributed by atoms with E-state index in [2.05, 4.69) is 83.7 Å². The molecule has 0 atom stereocenters. The minimum atomic E-state index is -3.65. The predicted octanol–water partition coefficient (Wildman–Crippen LogP) is 5.60. The average molecular weight is 762 g/mol. The van der Waals surface area contributed by atoms with Crippen molar-refractivity contribution in [2.24, 2.45) is 0 Å². The van der Waals surface area contributed by atoms with E-state index in [1.54, 1.807) is 37.8 Å². The van der Waals surface area contributed by atoms with Gasteiger partial charge in [0.05, 0.1) is 35.6 Å². The summed E-state index contributed by atoms with van der Waals surface area (Å²) in [5.41, 5.74) is 6.77. The summed E-state index contributed by atoms with van der Waals surface area (Å²) in [7, 11) is 1.75. The summed E-state index contributed by atoms with van der Waals surface area (Å²) >= 11 is 0. The van der Waals surface area contributed by atoms with E-state index in [1.807, 2.05) is 12.1 Å². The van der Waals surface area contributed by atoms with E-state index in [0.717, 1.165) is 75.9 Å². The summed E-state index contributed by atoms with van der Waals surface area (Å²) in [6.45, 7) is 6.49. The third kappa shape index (κ3) is 7.72. The van der Waals surface area contributed by atoms with Crippen LogP contribution in [0.3, 0.4) is 0 Å². The van der Waals surface area contributed by atoms with Crippen LogP contribution in [0.1, 0.15) is 24.0 Å². The fraction of sp³-hybridized carbons (Fsp3) is 0.350. The van der Waals surface area contributed by atoms with Crippen LogP contribution in [0.2, 0.25) is 0 Å². The van der Waals surface area contributed by atoms with Crippen LogP contribution in [0.4, 0.5) is 34.5 Å². The van der Waals surface area contributed by atoms with Crippen LogP contribution < -0.4 is 24.6 Å². The molecule has 3 aromatic carbocycles. The molecule has 3 N–H and O–H groups in total. The van der Waals surface area contributed by atoms with E-state index in [1.165, 1.54) is 28.2 Å². The lowest BCUT2D eigenvalue weighted by Crippen LogP contribution is -2.52. The molecule has 0 bridgehead atoms. The van der Waals surface area contributed by atoms with E-state index in [-0.39, 0.29) is 0 Å². The number of H-pyrrole nitrogens is 1. The molecule has 2 aliphatic rings. The second-order valence-electron chi connectivity index (χ2n) is 14.4. The Morgan fingerprint density at radius 1 is 0.909 bits per heavy atom. The van der Waals surface area contributed by atoms with Crippen molar-refractivity contribution in [2.45, 2.75) is 25.3 Å². The lowest BCUT2D eigenvalue weighted by Gasteiger charge is -2.43. The number of piperidine rings is 1. The predicted molar refractivity (Wildman–Crippen MR) is 220 cm³/mol. The van der Waals surface area contributed by atoms with E-state index < -0.39 is 10.0 Å². The maximum atomic E-state index is 12.8. The smallest absolute Gasteiger partial charge is 0.232 e. The number of aromatic amines is 1. The van der Waals surface area contributed by atoms with Crippen LogP contribution in [0.5, 0.6) is 5.75 Å². The van der Waals surface area contributed by atoms with E-state index in [9.17, 15) is 8.42 Å². The summed E-state index contributed by atoms with van der Waals surface area (Å²) in [4.78, 5) is 29.5. The number of likely N-dealkylation sites (N-methyl/N-ethyl adjacent to an activating group) is 1. The molecule has 286 valence electrons. The standard InChI is InChI=1S/C40H47N11O3S/c1-48-20-22-50(23-21-48)29-13-18-51(19-14-29)34-26-35(54-3)33(25-28(34)24-27-8-6-5-7-9-27)45-40-46-38-30(12-15-43-38)39(47-40)44-32-11-10-31-36(42-17-16-41-31)37(32)49(2)55(4,52)53/h5-12,15-17,25-26,29H,13-14,18-24H2,1-4H3,(H3,43,44,45,46,47). The van der Waals surface area contributed by atoms with E-state index in [0.29, 0.717) is 51.6 Å². The van der Waals surface area contributed by atoms with Gasteiger partial charge in [0.1, 0.15) is 28.4 Å². The molecular formula is C40H47N11O3S. The highest BCUT2D eigenvalue weighted by molar-refractivity contribution is 7.92. The van der Waals surface area contributed by atoms with Gasteiger partial charge < -0.3 is 30.2 Å². The Morgan fingerprint density at radius 3 is 2.42 bits per heavy atom. The first kappa shape index (κ1) is 36.5. The Balaban J connectivity index is 1.13. The normalized spacial score (nSPS) is 16.1. The van der Waals surface area contributed by atoms with Crippen LogP contribution >= 0.6 is 0 Å². The molecule has 3 aromatic heterocycles. The second kappa shape index (κ2) is 15.3. The number of ether oxygens (including phenoxy) is 1. The fourth-order valence-electron chi connectivity index (χ4n) is 7.74. The van der Waals surface area contributed by atoms with Crippen molar-refractivity contribution >= 4 is 66.6 Å². The molecule has 0 aliphatic carbocycles. The Labute approximate surface area is 321 Å². The molecule has 15 heteroatoms. The summed E-state index contributed by atoms with van der Waals surface area (Å²) < 4.78 is 32.9. The van der Waals surface area contributed by atoms with Gasteiger partial charge in [0.2, 0.25) is 16.0 Å². The van der Waals surface area contributed by atoms with Crippen molar-refractivity contribution in [1.29, 1.82) is 0 Å². The fourth-order valence-corrected chi connectivity index (χ4v) is 8.26. The molecule has 0 spiro atoms. The van der Waals surface area contributed by atoms with Crippen molar-refractivity contribution in [1.82, 2.24) is 34.7 Å². The molecule has 0 saturated carbocycles. The number of benzene rings is 3. The molecule has 2 fully saturated rings. The van der Waals surface area contributed by atoms with Gasteiger partial charge in [0, 0.05) is 82.7 Å². The minimum Gasteiger partial charge on any atom is -0.494 e. The van der Waals surface area contributed by atoms with Crippen LogP contribution in [-0.2, 0) is 16.4 Å². The molecule has 55 heavy (non-hydrogen) atoms. The molecule has 6 aromatic rings. The molecule has 14 nitrogen and oxygen atoms in total. The monoisotopic (exact) mass is 761 g/mol. The number of nitrogens with zero attached hydrogens (tertiary/aromatic N) is 8. The molecule has 2 aliphatic heterocycles. The molecule has 5 heterocycles. The first-order valence-corrected chi connectivity index (χ1v) is 20.5. The molecule has 0 unspecified atom stereocenters. The quantitative estimate of drug-likeness (QED) is 0.151. The maximum absolute atomic E-state index is 12.8. The number of fused-ring (bicyclic) bond motifs is 2. The van der Waals surface area contributed by atoms with Crippen molar-refractivity contribution in [3.63, 3.8) is 0 Å². The lowest BCUT2D eigenvalue weighted by atomic mass is 9.97.